The number of nitrogens with zero attached hydrogens (tertiary/aromatic N) is 8. The fraction of sp³-hybridized carbons (Fsp3) is 0.261. The lowest BCUT2D eigenvalue weighted by atomic mass is 10.0. The summed E-state index contributed by atoms with van der Waals surface area (Å²) in [5.41, 5.74) is 8.44. The Bertz CT molecular complexity index is 2850. The molecule has 0 bridgehead atoms. The highest BCUT2D eigenvalue weighted by Gasteiger charge is 2.31. The Balaban J connectivity index is 0.000000199. The minimum atomic E-state index is -0.850. The number of esters is 3. The molecule has 21 heteroatoms. The van der Waals surface area contributed by atoms with Crippen LogP contribution in [0.4, 0.5) is 0 Å². The first kappa shape index (κ1) is 50.7. The van der Waals surface area contributed by atoms with Crippen LogP contribution in [0, 0.1) is 13.8 Å². The fourth-order valence-electron chi connectivity index (χ4n) is 7.05. The first-order chi connectivity index (χ1) is 32.1. The van der Waals surface area contributed by atoms with Crippen molar-refractivity contribution in [1.29, 1.82) is 0 Å². The van der Waals surface area contributed by atoms with Crippen molar-refractivity contribution in [3.63, 3.8) is 0 Å². The lowest BCUT2D eigenvalue weighted by Crippen LogP contribution is -2.16. The Morgan fingerprint density at radius 3 is 1.46 bits per heavy atom. The average Bonchev–Trinajstić information content (AvgIpc) is 3.84. The number of rotatable bonds is 11. The van der Waals surface area contributed by atoms with Gasteiger partial charge in [-0.15, -0.1) is 0 Å². The molecule has 6 heterocycles. The number of carbonyl (C=O) groups is 4. The molecule has 6 aromatic rings. The molecule has 0 saturated carbocycles. The molecule has 2 aromatic carbocycles. The second kappa shape index (κ2) is 23.3. The largest absolute Gasteiger partial charge is 0.481 e. The predicted octanol–water partition coefficient (Wildman–Crippen LogP) is 8.50. The lowest BCUT2D eigenvalue weighted by Gasteiger charge is -2.15. The molecule has 8 rings (SSSR count). The number of fused-ring (bicyclic) bond motifs is 6. The second-order valence-corrected chi connectivity index (χ2v) is 18.0. The Morgan fingerprint density at radius 2 is 1.07 bits per heavy atom. The van der Waals surface area contributed by atoms with Gasteiger partial charge in [0.1, 0.15) is 30.3 Å². The van der Waals surface area contributed by atoms with Gasteiger partial charge in [0.05, 0.1) is 48.4 Å². The molecule has 348 valence electrons. The fourth-order valence-corrected chi connectivity index (χ4v) is 8.40. The summed E-state index contributed by atoms with van der Waals surface area (Å²) in [6, 6.07) is 18.6. The molecule has 2 N–H and O–H groups in total. The van der Waals surface area contributed by atoms with Crippen LogP contribution in [0.5, 0.6) is 0 Å². The maximum absolute atomic E-state index is 12.2. The molecule has 0 unspecified atom stereocenters. The first-order valence-corrected chi connectivity index (χ1v) is 23.5. The van der Waals surface area contributed by atoms with Crippen LogP contribution in [-0.2, 0) is 33.4 Å². The number of carboxylic acids is 1. The van der Waals surface area contributed by atoms with E-state index in [0.717, 1.165) is 80.5 Å². The van der Waals surface area contributed by atoms with Crippen LogP contribution in [0.1, 0.15) is 83.3 Å². The number of imidazole rings is 2. The Morgan fingerprint density at radius 1 is 0.627 bits per heavy atom. The predicted molar refractivity (Wildman–Crippen MR) is 261 cm³/mol. The van der Waals surface area contributed by atoms with Gasteiger partial charge in [0.2, 0.25) is 0 Å². The molecular formula is C46H42Br4N8O9. The van der Waals surface area contributed by atoms with E-state index in [-0.39, 0.29) is 18.9 Å². The molecule has 4 aromatic heterocycles. The summed E-state index contributed by atoms with van der Waals surface area (Å²) in [6.45, 7) is 3.01. The number of methoxy groups -OCH3 is 2. The maximum atomic E-state index is 12.2. The molecule has 0 amide bonds. The zero-order chi connectivity index (χ0) is 48.4. The lowest BCUT2D eigenvalue weighted by molar-refractivity contribution is -0.157. The maximum Gasteiger partial charge on any atom is 0.344 e. The number of aliphatic hydroxyl groups is 1. The number of halogens is 4. The number of hydrogen-bond donors (Lipinski definition) is 2. The second-order valence-electron chi connectivity index (χ2n) is 14.6. The van der Waals surface area contributed by atoms with Crippen molar-refractivity contribution in [2.75, 3.05) is 27.4 Å². The number of aliphatic imine (C=N–C) groups is 2. The van der Waals surface area contributed by atoms with Gasteiger partial charge in [-0.3, -0.25) is 38.7 Å². The van der Waals surface area contributed by atoms with E-state index in [1.54, 1.807) is 24.8 Å². The summed E-state index contributed by atoms with van der Waals surface area (Å²) in [6.07, 6.45) is 7.83. The van der Waals surface area contributed by atoms with E-state index in [0.29, 0.717) is 18.6 Å². The zero-order valence-electron chi connectivity index (χ0n) is 36.3. The molecule has 0 saturated heterocycles. The molecule has 2 atom stereocenters. The van der Waals surface area contributed by atoms with Crippen molar-refractivity contribution in [2.45, 2.75) is 51.6 Å². The van der Waals surface area contributed by atoms with Crippen molar-refractivity contribution < 1.29 is 43.6 Å². The Labute approximate surface area is 418 Å². The number of ether oxygens (including phenoxy) is 3. The Hall–Kier alpha value is -5.74. The van der Waals surface area contributed by atoms with Crippen LogP contribution >= 0.6 is 63.7 Å². The van der Waals surface area contributed by atoms with Crippen molar-refractivity contribution in [3.8, 4) is 11.4 Å². The zero-order valence-corrected chi connectivity index (χ0v) is 42.7. The molecule has 0 radical (unpaired) electrons. The highest BCUT2D eigenvalue weighted by atomic mass is 79.9. The van der Waals surface area contributed by atoms with Crippen molar-refractivity contribution >= 4 is 99.0 Å². The average molecular weight is 1170 g/mol. The van der Waals surface area contributed by atoms with Crippen LogP contribution in [0.15, 0.2) is 113 Å². The van der Waals surface area contributed by atoms with E-state index in [2.05, 4.69) is 102 Å². The Kier molecular flexibility index (Phi) is 17.6. The van der Waals surface area contributed by atoms with E-state index >= 15 is 0 Å². The van der Waals surface area contributed by atoms with Crippen LogP contribution in [0.3, 0.4) is 0 Å². The van der Waals surface area contributed by atoms with Gasteiger partial charge < -0.3 is 24.4 Å². The molecule has 0 fully saturated rings. The summed E-state index contributed by atoms with van der Waals surface area (Å²) in [7, 11) is 2.46. The third-order valence-electron chi connectivity index (χ3n) is 10.2. The van der Waals surface area contributed by atoms with Gasteiger partial charge in [-0.1, -0.05) is 12.1 Å². The van der Waals surface area contributed by atoms with E-state index < -0.39 is 43.1 Å². The molecule has 67 heavy (non-hydrogen) atoms. The third-order valence-corrected chi connectivity index (χ3v) is 13.9. The minimum absolute atomic E-state index is 0.0132. The molecule has 2 aliphatic rings. The van der Waals surface area contributed by atoms with Crippen LogP contribution < -0.4 is 0 Å². The number of carbonyl (C=O) groups excluding carboxylic acids is 3. The number of hydrogen-bond acceptors (Lipinski definition) is 14. The van der Waals surface area contributed by atoms with Crippen LogP contribution in [0.2, 0.25) is 0 Å². The highest BCUT2D eigenvalue weighted by molar-refractivity contribution is 9.13. The number of carboxylic acid groups (broad SMARTS) is 1. The molecule has 0 aliphatic carbocycles. The smallest absolute Gasteiger partial charge is 0.344 e. The van der Waals surface area contributed by atoms with Gasteiger partial charge in [0, 0.05) is 78.0 Å². The monoisotopic (exact) mass is 1170 g/mol. The quantitative estimate of drug-likeness (QED) is 0.0919. The van der Waals surface area contributed by atoms with Gasteiger partial charge in [0.25, 0.3) is 0 Å². The normalized spacial score (nSPS) is 14.3. The van der Waals surface area contributed by atoms with Crippen molar-refractivity contribution in [3.05, 3.63) is 149 Å². The third kappa shape index (κ3) is 12.2. The van der Waals surface area contributed by atoms with Crippen molar-refractivity contribution in [1.82, 2.24) is 29.1 Å². The number of aryl methyl sites for hydroxylation is 2. The number of aromatic nitrogens is 6. The van der Waals surface area contributed by atoms with Crippen molar-refractivity contribution in [2.24, 2.45) is 9.98 Å². The van der Waals surface area contributed by atoms with Gasteiger partial charge in [-0.25, -0.2) is 19.6 Å². The standard InChI is InChI=1S/C23H20Br2N4O4.C20H16Br2N4O2.C3H6O3/c1-13-11-27-23-18(6-7-20(30)33-12-21(31)32-2)28-22(17-5-3-4-8-26-17)14-9-15(24)16(25)10-19(14)29(13)23;1-11-10-24-20-16(5-6-18(27)28)25-19(15-4-2-3-7-23-15)12-8-13(21)14(22)9-17(12)26(11)20;1-6-3(5)2-4/h3-5,8-11,18H,6-7,12H2,1-2H3;2-4,7-10,16H,5-6H2,1H3,(H,27,28);4H,2H2,1H3/t18-;16-;/m00./s1. The van der Waals surface area contributed by atoms with Crippen LogP contribution in [-0.4, -0.2) is 102 Å². The summed E-state index contributed by atoms with van der Waals surface area (Å²) >= 11 is 14.4. The molecular weight excluding hydrogens is 1130 g/mol. The molecule has 17 nitrogen and oxygen atoms in total. The summed E-state index contributed by atoms with van der Waals surface area (Å²) < 4.78 is 21.2. The number of pyridine rings is 2. The van der Waals surface area contributed by atoms with E-state index in [4.69, 9.17) is 19.8 Å². The number of aliphatic carboxylic acids is 1. The van der Waals surface area contributed by atoms with Crippen LogP contribution in [0.25, 0.3) is 11.4 Å². The summed E-state index contributed by atoms with van der Waals surface area (Å²) in [4.78, 5) is 72.6. The minimum Gasteiger partial charge on any atom is -0.481 e. The van der Waals surface area contributed by atoms with Gasteiger partial charge >= 0.3 is 23.9 Å². The van der Waals surface area contributed by atoms with Gasteiger partial charge in [-0.05, 0) is 139 Å². The summed E-state index contributed by atoms with van der Waals surface area (Å²) in [5, 5.41) is 17.1. The molecule has 0 spiro atoms. The molecule has 2 aliphatic heterocycles. The van der Waals surface area contributed by atoms with E-state index in [1.807, 2.05) is 74.5 Å². The van der Waals surface area contributed by atoms with E-state index in [1.165, 1.54) is 14.2 Å². The van der Waals surface area contributed by atoms with Gasteiger partial charge in [0.15, 0.2) is 6.61 Å². The SMILES string of the molecule is COC(=O)CO.COC(=O)COC(=O)CC[C@@H]1N=C(c2ccccn2)c2cc(Br)c(Br)cc2-n2c(C)cnc21.Cc1cnc2n1-c1cc(Br)c(Br)cc1C(c1ccccn1)=N[C@H]2CCC(=O)O. The number of aliphatic hydroxyl groups excluding tert-OH is 1. The van der Waals surface area contributed by atoms with Gasteiger partial charge in [-0.2, -0.15) is 0 Å². The topological polar surface area (TPSA) is 223 Å². The summed E-state index contributed by atoms with van der Waals surface area (Å²) in [5.74, 6) is -1.11. The number of benzene rings is 2. The van der Waals surface area contributed by atoms with E-state index in [9.17, 15) is 24.3 Å². The first-order valence-electron chi connectivity index (χ1n) is 20.3. The highest BCUT2D eigenvalue weighted by Crippen LogP contribution is 2.39.